The smallest absolute Gasteiger partial charge is 0.340 e. The number of nitrogens with zero attached hydrogens (tertiary/aromatic N) is 3. The minimum absolute atomic E-state index is 0.0215. The zero-order chi connectivity index (χ0) is 23.5. The lowest BCUT2D eigenvalue weighted by atomic mass is 9.83. The number of fused-ring (bicyclic) bond motifs is 1. The molecule has 7 heteroatoms. The number of hydrogen-bond acceptors (Lipinski definition) is 7. The number of ketones is 1. The molecule has 0 amide bonds. The van der Waals surface area contributed by atoms with Crippen LogP contribution in [-0.2, 0) is 9.53 Å². The van der Waals surface area contributed by atoms with Gasteiger partial charge in [-0.05, 0) is 17.5 Å². The molecule has 0 saturated carbocycles. The quantitative estimate of drug-likeness (QED) is 0.526. The van der Waals surface area contributed by atoms with Crippen LogP contribution in [0.25, 0.3) is 0 Å². The molecule has 1 fully saturated rings. The summed E-state index contributed by atoms with van der Waals surface area (Å²) in [6, 6.07) is 17.4. The Balaban J connectivity index is 1.10. The summed E-state index contributed by atoms with van der Waals surface area (Å²) >= 11 is 0. The molecular formula is C27H29N3O4. The highest BCUT2D eigenvalue weighted by atomic mass is 16.6. The van der Waals surface area contributed by atoms with Gasteiger partial charge in [0, 0.05) is 57.3 Å². The van der Waals surface area contributed by atoms with Crippen molar-refractivity contribution in [2.24, 2.45) is 4.99 Å². The molecule has 5 rings (SSSR count). The van der Waals surface area contributed by atoms with E-state index < -0.39 is 0 Å². The van der Waals surface area contributed by atoms with E-state index in [9.17, 15) is 14.7 Å². The van der Waals surface area contributed by atoms with E-state index in [0.717, 1.165) is 43.9 Å². The highest BCUT2D eigenvalue weighted by Gasteiger charge is 2.36. The zero-order valence-electron chi connectivity index (χ0n) is 19.1. The average Bonchev–Trinajstić information content (AvgIpc) is 3.20. The van der Waals surface area contributed by atoms with E-state index >= 15 is 0 Å². The first kappa shape index (κ1) is 22.5. The largest absolute Gasteiger partial charge is 0.511 e. The first-order valence-corrected chi connectivity index (χ1v) is 11.9. The van der Waals surface area contributed by atoms with Gasteiger partial charge in [-0.15, -0.1) is 0 Å². The lowest BCUT2D eigenvalue weighted by molar-refractivity contribution is -0.116. The van der Waals surface area contributed by atoms with Crippen LogP contribution < -0.4 is 0 Å². The van der Waals surface area contributed by atoms with E-state index in [2.05, 4.69) is 14.8 Å². The summed E-state index contributed by atoms with van der Waals surface area (Å²) in [5.41, 5.74) is 3.03. The number of cyclic esters (lactones) is 1. The third-order valence-corrected chi connectivity index (χ3v) is 6.92. The summed E-state index contributed by atoms with van der Waals surface area (Å²) in [6.45, 7) is 4.67. The highest BCUT2D eigenvalue weighted by Crippen LogP contribution is 2.34. The van der Waals surface area contributed by atoms with E-state index in [1.165, 1.54) is 0 Å². The molecule has 0 aromatic heterocycles. The van der Waals surface area contributed by atoms with Gasteiger partial charge >= 0.3 is 5.97 Å². The van der Waals surface area contributed by atoms with E-state index in [1.807, 2.05) is 54.6 Å². The molecule has 1 saturated heterocycles. The minimum Gasteiger partial charge on any atom is -0.511 e. The van der Waals surface area contributed by atoms with Crippen LogP contribution in [0.5, 0.6) is 0 Å². The first-order valence-electron chi connectivity index (χ1n) is 11.9. The molecule has 2 unspecified atom stereocenters. The van der Waals surface area contributed by atoms with Crippen LogP contribution in [0.2, 0.25) is 0 Å². The minimum atomic E-state index is -0.296. The normalized spacial score (nSPS) is 24.0. The second kappa shape index (κ2) is 9.91. The van der Waals surface area contributed by atoms with Gasteiger partial charge in [-0.2, -0.15) is 0 Å². The Bertz CT molecular complexity index is 1120. The Labute approximate surface area is 199 Å². The number of ether oxygens (including phenoxy) is 1. The number of esters is 1. The van der Waals surface area contributed by atoms with Gasteiger partial charge in [-0.3, -0.25) is 19.6 Å². The number of carbonyl (C=O) groups excluding carboxylic acids is 2. The Morgan fingerprint density at radius 3 is 2.47 bits per heavy atom. The predicted octanol–water partition coefficient (Wildman–Crippen LogP) is 3.50. The van der Waals surface area contributed by atoms with E-state index in [0.29, 0.717) is 30.5 Å². The molecule has 2 aromatic rings. The number of Topliss-reactive ketones (excluding diaryl/α,β-unsaturated/α-hetero) is 1. The molecule has 1 N–H and O–H groups in total. The number of benzene rings is 2. The van der Waals surface area contributed by atoms with Gasteiger partial charge < -0.3 is 9.84 Å². The Hall–Kier alpha value is -3.29. The summed E-state index contributed by atoms with van der Waals surface area (Å²) in [5, 5.41) is 10.5. The maximum Gasteiger partial charge on any atom is 0.340 e. The lowest BCUT2D eigenvalue weighted by Crippen LogP contribution is -2.48. The van der Waals surface area contributed by atoms with Crippen molar-refractivity contribution >= 4 is 18.0 Å². The van der Waals surface area contributed by atoms with Gasteiger partial charge in [-0.25, -0.2) is 4.79 Å². The maximum atomic E-state index is 12.6. The van der Waals surface area contributed by atoms with Crippen molar-refractivity contribution in [3.8, 4) is 0 Å². The van der Waals surface area contributed by atoms with Crippen LogP contribution in [0.3, 0.4) is 0 Å². The van der Waals surface area contributed by atoms with Crippen LogP contribution in [0.15, 0.2) is 70.9 Å². The SMILES string of the molecule is O=C1CC(c2ccccc2)CC(O)=C1C=NCCN1CCN(C2OC(=O)c3ccccc32)CC1. The molecule has 2 aliphatic heterocycles. The molecule has 176 valence electrons. The second-order valence-corrected chi connectivity index (χ2v) is 9.06. The van der Waals surface area contributed by atoms with Crippen LogP contribution in [0.4, 0.5) is 0 Å². The van der Waals surface area contributed by atoms with Crippen molar-refractivity contribution in [1.82, 2.24) is 9.80 Å². The summed E-state index contributed by atoms with van der Waals surface area (Å²) in [5.74, 6) is -0.147. The molecule has 2 atom stereocenters. The van der Waals surface area contributed by atoms with Gasteiger partial charge in [-0.1, -0.05) is 48.5 Å². The van der Waals surface area contributed by atoms with Gasteiger partial charge in [0.2, 0.25) is 0 Å². The summed E-state index contributed by atoms with van der Waals surface area (Å²) in [6.07, 6.45) is 2.11. The number of aliphatic hydroxyl groups is 1. The van der Waals surface area contributed by atoms with Crippen molar-refractivity contribution in [3.05, 3.63) is 82.6 Å². The van der Waals surface area contributed by atoms with Gasteiger partial charge in [0.15, 0.2) is 12.0 Å². The first-order chi connectivity index (χ1) is 16.6. The molecule has 3 aliphatic rings. The molecular weight excluding hydrogens is 430 g/mol. The third-order valence-electron chi connectivity index (χ3n) is 6.92. The van der Waals surface area contributed by atoms with Crippen LogP contribution in [0, 0.1) is 0 Å². The fourth-order valence-corrected chi connectivity index (χ4v) is 4.99. The number of aliphatic imine (C=N–C) groups is 1. The monoisotopic (exact) mass is 459 g/mol. The van der Waals surface area contributed by atoms with E-state index in [-0.39, 0.29) is 29.7 Å². The van der Waals surface area contributed by atoms with Crippen molar-refractivity contribution in [2.75, 3.05) is 39.3 Å². The molecule has 0 bridgehead atoms. The Morgan fingerprint density at radius 2 is 1.71 bits per heavy atom. The number of rotatable bonds is 6. The summed E-state index contributed by atoms with van der Waals surface area (Å²) in [4.78, 5) is 33.7. The molecule has 1 aliphatic carbocycles. The average molecular weight is 460 g/mol. The molecule has 2 heterocycles. The Kier molecular flexibility index (Phi) is 6.56. The van der Waals surface area contributed by atoms with E-state index in [4.69, 9.17) is 4.74 Å². The number of aliphatic hydroxyl groups excluding tert-OH is 1. The van der Waals surface area contributed by atoms with Crippen LogP contribution in [-0.4, -0.2) is 72.1 Å². The predicted molar refractivity (Wildman–Crippen MR) is 129 cm³/mol. The van der Waals surface area contributed by atoms with Crippen molar-refractivity contribution < 1.29 is 19.4 Å². The van der Waals surface area contributed by atoms with Gasteiger partial charge in [0.1, 0.15) is 5.76 Å². The summed E-state index contributed by atoms with van der Waals surface area (Å²) in [7, 11) is 0. The van der Waals surface area contributed by atoms with Crippen LogP contribution >= 0.6 is 0 Å². The standard InChI is InChI=1S/C27H29N3O4/c31-24-16-20(19-6-2-1-3-7-19)17-25(32)23(24)18-28-10-11-29-12-14-30(15-13-29)26-21-8-4-5-9-22(21)27(33)34-26/h1-9,18,20,26,31H,10-17H2. The fourth-order valence-electron chi connectivity index (χ4n) is 4.99. The number of allylic oxidation sites excluding steroid dienone is 2. The molecule has 0 spiro atoms. The molecule has 2 aromatic carbocycles. The topological polar surface area (TPSA) is 82.4 Å². The molecule has 0 radical (unpaired) electrons. The van der Waals surface area contributed by atoms with E-state index in [1.54, 1.807) is 6.21 Å². The third kappa shape index (κ3) is 4.67. The fraction of sp³-hybridized carbons (Fsp3) is 0.370. The van der Waals surface area contributed by atoms with Crippen LogP contribution in [0.1, 0.15) is 46.5 Å². The molecule has 34 heavy (non-hydrogen) atoms. The number of carbonyl (C=O) groups is 2. The maximum absolute atomic E-state index is 12.6. The highest BCUT2D eigenvalue weighted by molar-refractivity contribution is 6.14. The van der Waals surface area contributed by atoms with Gasteiger partial charge in [0.25, 0.3) is 0 Å². The summed E-state index contributed by atoms with van der Waals surface area (Å²) < 4.78 is 5.61. The number of piperazine rings is 1. The second-order valence-electron chi connectivity index (χ2n) is 9.06. The number of hydrogen-bond donors (Lipinski definition) is 1. The lowest BCUT2D eigenvalue weighted by Gasteiger charge is -2.37. The van der Waals surface area contributed by atoms with Gasteiger partial charge in [0.05, 0.1) is 17.7 Å². The Morgan fingerprint density at radius 1 is 0.971 bits per heavy atom. The van der Waals surface area contributed by atoms with Crippen molar-refractivity contribution in [3.63, 3.8) is 0 Å². The zero-order valence-corrected chi connectivity index (χ0v) is 19.1. The van der Waals surface area contributed by atoms with Crippen molar-refractivity contribution in [1.29, 1.82) is 0 Å². The molecule has 7 nitrogen and oxygen atoms in total. The van der Waals surface area contributed by atoms with Crippen molar-refractivity contribution in [2.45, 2.75) is 25.0 Å².